The van der Waals surface area contributed by atoms with Crippen molar-refractivity contribution in [1.82, 2.24) is 10.6 Å². The van der Waals surface area contributed by atoms with Crippen LogP contribution in [0.5, 0.6) is 0 Å². The van der Waals surface area contributed by atoms with Crippen molar-refractivity contribution in [2.45, 2.75) is 33.6 Å². The van der Waals surface area contributed by atoms with E-state index >= 15 is 0 Å². The zero-order chi connectivity index (χ0) is 11.0. The van der Waals surface area contributed by atoms with Crippen LogP contribution in [0.1, 0.15) is 33.6 Å². The maximum atomic E-state index is 10.9. The summed E-state index contributed by atoms with van der Waals surface area (Å²) < 4.78 is 0. The maximum Gasteiger partial charge on any atom is 0.219 e. The molecule has 1 unspecified atom stereocenters. The summed E-state index contributed by atoms with van der Waals surface area (Å²) >= 11 is 0. The molecule has 0 fully saturated rings. The summed E-state index contributed by atoms with van der Waals surface area (Å²) in [6.45, 7) is 8.69. The Labute approximate surface area is 87.6 Å². The predicted molar refractivity (Wildman–Crippen MR) is 60.2 cm³/mol. The van der Waals surface area contributed by atoms with Crippen molar-refractivity contribution in [3.8, 4) is 0 Å². The van der Waals surface area contributed by atoms with E-state index in [1.807, 2.05) is 0 Å². The minimum absolute atomic E-state index is 0.128. The van der Waals surface area contributed by atoms with E-state index in [1.54, 1.807) is 7.05 Å². The van der Waals surface area contributed by atoms with Gasteiger partial charge in [0.2, 0.25) is 5.91 Å². The van der Waals surface area contributed by atoms with E-state index in [-0.39, 0.29) is 5.91 Å². The first-order chi connectivity index (χ1) is 6.57. The number of carbonyl (C=O) groups excluding carboxylic acids is 1. The van der Waals surface area contributed by atoms with Crippen LogP contribution in [0.2, 0.25) is 0 Å². The second kappa shape index (κ2) is 7.80. The van der Waals surface area contributed by atoms with Crippen molar-refractivity contribution in [3.05, 3.63) is 0 Å². The van der Waals surface area contributed by atoms with E-state index in [1.165, 1.54) is 0 Å². The van der Waals surface area contributed by atoms with Crippen molar-refractivity contribution in [2.75, 3.05) is 20.1 Å². The fourth-order valence-electron chi connectivity index (χ4n) is 1.06. The Balaban J connectivity index is 3.25. The number of hydrogen-bond acceptors (Lipinski definition) is 2. The molecule has 0 aliphatic carbocycles. The molecule has 0 bridgehead atoms. The maximum absolute atomic E-state index is 10.9. The highest BCUT2D eigenvalue weighted by Crippen LogP contribution is 2.07. The topological polar surface area (TPSA) is 41.1 Å². The molecule has 1 atom stereocenters. The van der Waals surface area contributed by atoms with Crippen molar-refractivity contribution in [2.24, 2.45) is 11.8 Å². The minimum Gasteiger partial charge on any atom is -0.359 e. The Hall–Kier alpha value is -0.570. The monoisotopic (exact) mass is 200 g/mol. The lowest BCUT2D eigenvalue weighted by Gasteiger charge is -2.15. The molecule has 3 nitrogen and oxygen atoms in total. The lowest BCUT2D eigenvalue weighted by Crippen LogP contribution is -2.26. The molecule has 0 saturated heterocycles. The Bertz CT molecular complexity index is 157. The Morgan fingerprint density at radius 1 is 1.29 bits per heavy atom. The molecule has 3 heteroatoms. The summed E-state index contributed by atoms with van der Waals surface area (Å²) in [5, 5.41) is 5.98. The third kappa shape index (κ3) is 6.89. The van der Waals surface area contributed by atoms with Crippen LogP contribution < -0.4 is 10.6 Å². The molecule has 0 saturated carbocycles. The largest absolute Gasteiger partial charge is 0.359 e. The number of amides is 1. The van der Waals surface area contributed by atoms with Gasteiger partial charge < -0.3 is 10.6 Å². The van der Waals surface area contributed by atoms with Gasteiger partial charge in [-0.1, -0.05) is 20.8 Å². The first kappa shape index (κ1) is 13.4. The molecule has 1 amide bonds. The van der Waals surface area contributed by atoms with Gasteiger partial charge in [0.05, 0.1) is 0 Å². The molecule has 84 valence electrons. The summed E-state index contributed by atoms with van der Waals surface area (Å²) in [5.41, 5.74) is 0. The molecular weight excluding hydrogens is 176 g/mol. The molecule has 0 heterocycles. The summed E-state index contributed by atoms with van der Waals surface area (Å²) in [6, 6.07) is 0. The number of nitrogens with one attached hydrogen (secondary N) is 2. The van der Waals surface area contributed by atoms with Gasteiger partial charge >= 0.3 is 0 Å². The fraction of sp³-hybridized carbons (Fsp3) is 0.909. The van der Waals surface area contributed by atoms with Crippen LogP contribution in [-0.2, 0) is 4.79 Å². The first-order valence-electron chi connectivity index (χ1n) is 5.49. The zero-order valence-electron chi connectivity index (χ0n) is 9.89. The van der Waals surface area contributed by atoms with Crippen LogP contribution >= 0.6 is 0 Å². The van der Waals surface area contributed by atoms with Crippen LogP contribution in [-0.4, -0.2) is 26.0 Å². The van der Waals surface area contributed by atoms with Crippen molar-refractivity contribution < 1.29 is 4.79 Å². The van der Waals surface area contributed by atoms with E-state index in [0.29, 0.717) is 12.3 Å². The highest BCUT2D eigenvalue weighted by atomic mass is 16.1. The van der Waals surface area contributed by atoms with E-state index in [0.717, 1.165) is 25.4 Å². The number of carbonyl (C=O) groups is 1. The van der Waals surface area contributed by atoms with Crippen molar-refractivity contribution in [3.63, 3.8) is 0 Å². The van der Waals surface area contributed by atoms with Gasteiger partial charge in [-0.2, -0.15) is 0 Å². The van der Waals surface area contributed by atoms with Crippen LogP contribution in [0.3, 0.4) is 0 Å². The predicted octanol–water partition coefficient (Wildman–Crippen LogP) is 1.39. The van der Waals surface area contributed by atoms with Crippen LogP contribution in [0.15, 0.2) is 0 Å². The minimum atomic E-state index is 0.128. The average Bonchev–Trinajstić information content (AvgIpc) is 2.16. The fourth-order valence-corrected chi connectivity index (χ4v) is 1.06. The van der Waals surface area contributed by atoms with Gasteiger partial charge in [-0.05, 0) is 31.3 Å². The summed E-state index contributed by atoms with van der Waals surface area (Å²) in [7, 11) is 1.68. The van der Waals surface area contributed by atoms with E-state index < -0.39 is 0 Å². The van der Waals surface area contributed by atoms with E-state index in [9.17, 15) is 4.79 Å². The van der Waals surface area contributed by atoms with Gasteiger partial charge in [-0.15, -0.1) is 0 Å². The Morgan fingerprint density at radius 2 is 1.93 bits per heavy atom. The van der Waals surface area contributed by atoms with Gasteiger partial charge in [0.15, 0.2) is 0 Å². The molecule has 2 N–H and O–H groups in total. The first-order valence-corrected chi connectivity index (χ1v) is 5.49. The lowest BCUT2D eigenvalue weighted by atomic mass is 9.98. The highest BCUT2D eigenvalue weighted by molar-refractivity contribution is 5.75. The third-order valence-corrected chi connectivity index (χ3v) is 2.64. The Kier molecular flexibility index (Phi) is 7.48. The number of rotatable bonds is 7. The van der Waals surface area contributed by atoms with Gasteiger partial charge in [-0.25, -0.2) is 0 Å². The SMILES string of the molecule is CNC(=O)CCCNCC(C)C(C)C. The molecule has 0 aliphatic rings. The van der Waals surface area contributed by atoms with Crippen molar-refractivity contribution >= 4 is 5.91 Å². The summed E-state index contributed by atoms with van der Waals surface area (Å²) in [5.74, 6) is 1.56. The molecule has 0 aromatic carbocycles. The second-order valence-electron chi connectivity index (χ2n) is 4.20. The lowest BCUT2D eigenvalue weighted by molar-refractivity contribution is -0.120. The molecule has 0 rings (SSSR count). The normalized spacial score (nSPS) is 12.9. The molecular formula is C11H24N2O. The van der Waals surface area contributed by atoms with Crippen LogP contribution in [0.25, 0.3) is 0 Å². The molecule has 0 aliphatic heterocycles. The van der Waals surface area contributed by atoms with Crippen LogP contribution in [0.4, 0.5) is 0 Å². The number of hydrogen-bond donors (Lipinski definition) is 2. The van der Waals surface area contributed by atoms with Gasteiger partial charge in [-0.3, -0.25) is 4.79 Å². The summed E-state index contributed by atoms with van der Waals surface area (Å²) in [6.07, 6.45) is 1.55. The second-order valence-corrected chi connectivity index (χ2v) is 4.20. The molecule has 14 heavy (non-hydrogen) atoms. The van der Waals surface area contributed by atoms with E-state index in [4.69, 9.17) is 0 Å². The molecule has 0 radical (unpaired) electrons. The standard InChI is InChI=1S/C11H24N2O/c1-9(2)10(3)8-13-7-5-6-11(14)12-4/h9-10,13H,5-8H2,1-4H3,(H,12,14). The molecule has 0 aromatic rings. The van der Waals surface area contributed by atoms with Gasteiger partial charge in [0.1, 0.15) is 0 Å². The average molecular weight is 200 g/mol. The van der Waals surface area contributed by atoms with E-state index in [2.05, 4.69) is 31.4 Å². The van der Waals surface area contributed by atoms with Gasteiger partial charge in [0.25, 0.3) is 0 Å². The van der Waals surface area contributed by atoms with Crippen LogP contribution in [0, 0.1) is 11.8 Å². The highest BCUT2D eigenvalue weighted by Gasteiger charge is 2.05. The molecule has 0 spiro atoms. The van der Waals surface area contributed by atoms with Gasteiger partial charge in [0, 0.05) is 13.5 Å². The van der Waals surface area contributed by atoms with Crippen molar-refractivity contribution in [1.29, 1.82) is 0 Å². The summed E-state index contributed by atoms with van der Waals surface area (Å²) in [4.78, 5) is 10.9. The third-order valence-electron chi connectivity index (χ3n) is 2.64. The molecule has 0 aromatic heterocycles. The quantitative estimate of drug-likeness (QED) is 0.610. The Morgan fingerprint density at radius 3 is 2.43 bits per heavy atom. The smallest absolute Gasteiger partial charge is 0.219 e. The zero-order valence-corrected chi connectivity index (χ0v) is 9.89.